The minimum absolute atomic E-state index is 0.188. The largest absolute Gasteiger partial charge is 0.496 e. The molecule has 2 heterocycles. The van der Waals surface area contributed by atoms with Crippen molar-refractivity contribution in [1.82, 2.24) is 9.47 Å². The van der Waals surface area contributed by atoms with Crippen LogP contribution in [0.15, 0.2) is 42.6 Å². The molecule has 0 amide bonds. The number of aromatic nitrogens is 1. The molecule has 0 saturated carbocycles. The van der Waals surface area contributed by atoms with Crippen molar-refractivity contribution in [2.24, 2.45) is 0 Å². The second-order valence-corrected chi connectivity index (χ2v) is 8.02. The predicted molar refractivity (Wildman–Crippen MR) is 116 cm³/mol. The lowest BCUT2D eigenvalue weighted by molar-refractivity contribution is 0.0693. The first kappa shape index (κ1) is 21.3. The molecule has 0 unspecified atom stereocenters. The predicted octanol–water partition coefficient (Wildman–Crippen LogP) is 4.47. The summed E-state index contributed by atoms with van der Waals surface area (Å²) in [6.07, 6.45) is 4.08. The Morgan fingerprint density at radius 2 is 1.94 bits per heavy atom. The average molecular weight is 426 g/mol. The fraction of sp³-hybridized carbons (Fsp3) is 0.375. The van der Waals surface area contributed by atoms with E-state index < -0.39 is 5.97 Å². The highest BCUT2D eigenvalue weighted by Crippen LogP contribution is 2.35. The highest BCUT2D eigenvalue weighted by atomic mass is 19.1. The van der Waals surface area contributed by atoms with E-state index in [1.165, 1.54) is 18.7 Å². The van der Waals surface area contributed by atoms with Crippen LogP contribution in [0.4, 0.5) is 4.39 Å². The number of halogens is 1. The molecule has 1 aromatic heterocycles. The van der Waals surface area contributed by atoms with Gasteiger partial charge in [-0.2, -0.15) is 0 Å². The first-order valence-corrected chi connectivity index (χ1v) is 10.4. The number of carboxylic acid groups (broad SMARTS) is 1. The maximum atomic E-state index is 13.8. The summed E-state index contributed by atoms with van der Waals surface area (Å²) in [5, 5.41) is 10.5. The van der Waals surface area contributed by atoms with Gasteiger partial charge in [0.1, 0.15) is 23.9 Å². The third kappa shape index (κ3) is 4.43. The number of hydrogen-bond acceptors (Lipinski definition) is 4. The zero-order valence-electron chi connectivity index (χ0n) is 17.8. The monoisotopic (exact) mass is 426 g/mol. The van der Waals surface area contributed by atoms with Crippen LogP contribution in [0.2, 0.25) is 0 Å². The molecular formula is C24H27FN2O4. The summed E-state index contributed by atoms with van der Waals surface area (Å²) in [6.45, 7) is 2.92. The Labute approximate surface area is 180 Å². The van der Waals surface area contributed by atoms with Gasteiger partial charge < -0.3 is 19.1 Å². The van der Waals surface area contributed by atoms with Crippen molar-refractivity contribution in [3.63, 3.8) is 0 Å². The van der Waals surface area contributed by atoms with Crippen LogP contribution in [0.5, 0.6) is 5.75 Å². The third-order valence-corrected chi connectivity index (χ3v) is 6.07. The lowest BCUT2D eigenvalue weighted by Crippen LogP contribution is -2.32. The zero-order chi connectivity index (χ0) is 22.0. The van der Waals surface area contributed by atoms with Gasteiger partial charge in [0.05, 0.1) is 12.6 Å². The summed E-state index contributed by atoms with van der Waals surface area (Å²) >= 11 is 0. The summed E-state index contributed by atoms with van der Waals surface area (Å²) in [5.41, 5.74) is 3.25. The molecule has 0 radical (unpaired) electrons. The number of ether oxygens (including phenoxy) is 2. The minimum atomic E-state index is -0.985. The Balaban J connectivity index is 1.47. The highest BCUT2D eigenvalue weighted by Gasteiger charge is 2.24. The Bertz CT molecular complexity index is 1090. The number of carboxylic acids is 1. The molecule has 1 saturated heterocycles. The molecule has 6 nitrogen and oxygen atoms in total. The van der Waals surface area contributed by atoms with Gasteiger partial charge >= 0.3 is 5.97 Å². The molecule has 2 aromatic carbocycles. The van der Waals surface area contributed by atoms with Crippen molar-refractivity contribution >= 4 is 16.9 Å². The van der Waals surface area contributed by atoms with Gasteiger partial charge in [-0.1, -0.05) is 6.07 Å². The molecule has 1 aliphatic heterocycles. The standard InChI is InChI=1S/C24H27FN2O4/c1-30-15-27-14-21(19-5-4-18(25)12-22(19)27)17-7-9-26(10-8-17)13-16-3-6-23(31-2)20(11-16)24(28)29/h3-6,11-12,14,17H,7-10,13,15H2,1-2H3,(H,28,29). The van der Waals surface area contributed by atoms with E-state index in [9.17, 15) is 14.3 Å². The van der Waals surface area contributed by atoms with Gasteiger partial charge in [-0.15, -0.1) is 0 Å². The van der Waals surface area contributed by atoms with Gasteiger partial charge in [0.2, 0.25) is 0 Å². The molecule has 0 atom stereocenters. The summed E-state index contributed by atoms with van der Waals surface area (Å²) in [5.74, 6) is -0.461. The first-order valence-electron chi connectivity index (χ1n) is 10.4. The smallest absolute Gasteiger partial charge is 0.339 e. The molecule has 0 bridgehead atoms. The number of aromatic carboxylic acids is 1. The van der Waals surface area contributed by atoms with Gasteiger partial charge in [0.25, 0.3) is 0 Å². The van der Waals surface area contributed by atoms with Crippen LogP contribution in [0.25, 0.3) is 10.9 Å². The number of nitrogens with zero attached hydrogens (tertiary/aromatic N) is 2. The van der Waals surface area contributed by atoms with Crippen LogP contribution in [0.3, 0.4) is 0 Å². The molecule has 31 heavy (non-hydrogen) atoms. The molecular weight excluding hydrogens is 399 g/mol. The third-order valence-electron chi connectivity index (χ3n) is 6.07. The molecule has 164 valence electrons. The summed E-state index contributed by atoms with van der Waals surface area (Å²) in [6, 6.07) is 10.3. The number of piperidine rings is 1. The van der Waals surface area contributed by atoms with Crippen molar-refractivity contribution in [3.8, 4) is 5.75 Å². The number of likely N-dealkylation sites (tertiary alicyclic amines) is 1. The fourth-order valence-corrected chi connectivity index (χ4v) is 4.55. The lowest BCUT2D eigenvalue weighted by Gasteiger charge is -2.32. The number of methoxy groups -OCH3 is 2. The number of rotatable bonds is 7. The van der Waals surface area contributed by atoms with Crippen molar-refractivity contribution in [3.05, 3.63) is 65.1 Å². The van der Waals surface area contributed by atoms with E-state index in [-0.39, 0.29) is 11.4 Å². The Morgan fingerprint density at radius 3 is 2.61 bits per heavy atom. The molecule has 0 aliphatic carbocycles. The quantitative estimate of drug-likeness (QED) is 0.604. The van der Waals surface area contributed by atoms with Gasteiger partial charge in [0, 0.05) is 25.2 Å². The normalized spacial score (nSPS) is 15.5. The average Bonchev–Trinajstić information content (AvgIpc) is 3.12. The second-order valence-electron chi connectivity index (χ2n) is 8.02. The Kier molecular flexibility index (Phi) is 6.25. The molecule has 7 heteroatoms. The van der Waals surface area contributed by atoms with Gasteiger partial charge in [-0.05, 0) is 73.3 Å². The van der Waals surface area contributed by atoms with Crippen molar-refractivity contribution in [1.29, 1.82) is 0 Å². The van der Waals surface area contributed by atoms with Crippen LogP contribution >= 0.6 is 0 Å². The molecule has 1 N–H and O–H groups in total. The van der Waals surface area contributed by atoms with Crippen LogP contribution in [-0.2, 0) is 18.0 Å². The molecule has 1 aliphatic rings. The van der Waals surface area contributed by atoms with Crippen LogP contribution in [-0.4, -0.2) is 47.9 Å². The van der Waals surface area contributed by atoms with E-state index in [0.717, 1.165) is 42.4 Å². The lowest BCUT2D eigenvalue weighted by atomic mass is 9.89. The molecule has 1 fully saturated rings. The highest BCUT2D eigenvalue weighted by molar-refractivity contribution is 5.91. The van der Waals surface area contributed by atoms with Gasteiger partial charge in [-0.3, -0.25) is 4.90 Å². The summed E-state index contributed by atoms with van der Waals surface area (Å²) in [7, 11) is 3.11. The fourth-order valence-electron chi connectivity index (χ4n) is 4.55. The maximum Gasteiger partial charge on any atom is 0.339 e. The number of fused-ring (bicyclic) bond motifs is 1. The van der Waals surface area contributed by atoms with Crippen molar-refractivity contribution in [2.45, 2.75) is 32.0 Å². The van der Waals surface area contributed by atoms with E-state index in [4.69, 9.17) is 9.47 Å². The van der Waals surface area contributed by atoms with E-state index in [1.54, 1.807) is 25.3 Å². The van der Waals surface area contributed by atoms with Crippen molar-refractivity contribution < 1.29 is 23.8 Å². The van der Waals surface area contributed by atoms with Crippen molar-refractivity contribution in [2.75, 3.05) is 27.3 Å². The molecule has 0 spiro atoms. The summed E-state index contributed by atoms with van der Waals surface area (Å²) in [4.78, 5) is 13.8. The number of carbonyl (C=O) groups is 1. The van der Waals surface area contributed by atoms with Crippen LogP contribution in [0.1, 0.15) is 40.2 Å². The van der Waals surface area contributed by atoms with Crippen LogP contribution < -0.4 is 4.74 Å². The van der Waals surface area contributed by atoms with E-state index >= 15 is 0 Å². The van der Waals surface area contributed by atoms with Crippen LogP contribution in [0, 0.1) is 5.82 Å². The topological polar surface area (TPSA) is 63.9 Å². The maximum absolute atomic E-state index is 13.8. The van der Waals surface area contributed by atoms with E-state index in [2.05, 4.69) is 11.1 Å². The number of benzene rings is 2. The summed E-state index contributed by atoms with van der Waals surface area (Å²) < 4.78 is 26.2. The SMILES string of the molecule is COCn1cc(C2CCN(Cc3ccc(OC)c(C(=O)O)c3)CC2)c2ccc(F)cc21. The van der Waals surface area contributed by atoms with E-state index in [1.807, 2.05) is 16.7 Å². The van der Waals surface area contributed by atoms with Gasteiger partial charge in [0.15, 0.2) is 0 Å². The number of hydrogen-bond donors (Lipinski definition) is 1. The Hall–Kier alpha value is -2.90. The molecule has 3 aromatic rings. The second kappa shape index (κ2) is 9.08. The minimum Gasteiger partial charge on any atom is -0.496 e. The van der Waals surface area contributed by atoms with E-state index in [0.29, 0.717) is 24.9 Å². The molecule has 4 rings (SSSR count). The zero-order valence-corrected chi connectivity index (χ0v) is 17.8. The first-order chi connectivity index (χ1) is 15.0. The van der Waals surface area contributed by atoms with Gasteiger partial charge in [-0.25, -0.2) is 9.18 Å². The Morgan fingerprint density at radius 1 is 1.16 bits per heavy atom.